The zero-order valence-corrected chi connectivity index (χ0v) is 16.0. The fraction of sp³-hybridized carbons (Fsp3) is 0.318. The Labute approximate surface area is 164 Å². The highest BCUT2D eigenvalue weighted by Gasteiger charge is 2.17. The first-order valence-electron chi connectivity index (χ1n) is 9.66. The second kappa shape index (κ2) is 8.25. The number of benzene rings is 2. The van der Waals surface area contributed by atoms with Crippen molar-refractivity contribution in [2.45, 2.75) is 19.8 Å². The van der Waals surface area contributed by atoms with E-state index >= 15 is 0 Å². The van der Waals surface area contributed by atoms with Crippen LogP contribution in [0.15, 0.2) is 54.9 Å². The van der Waals surface area contributed by atoms with Crippen LogP contribution in [0.1, 0.15) is 19.8 Å². The van der Waals surface area contributed by atoms with Crippen LogP contribution < -0.4 is 15.0 Å². The van der Waals surface area contributed by atoms with Crippen LogP contribution in [-0.4, -0.2) is 35.6 Å². The van der Waals surface area contributed by atoms with Gasteiger partial charge >= 0.3 is 0 Å². The Hall–Kier alpha value is -3.15. The van der Waals surface area contributed by atoms with Gasteiger partial charge in [-0.1, -0.05) is 37.3 Å². The number of carbonyl (C=O) groups is 1. The Kier molecular flexibility index (Phi) is 5.37. The molecular weight excluding hydrogens is 352 g/mol. The number of hydrogen-bond acceptors (Lipinski definition) is 5. The van der Waals surface area contributed by atoms with Crippen molar-refractivity contribution in [3.8, 4) is 5.75 Å². The maximum Gasteiger partial charge on any atom is 0.263 e. The van der Waals surface area contributed by atoms with Gasteiger partial charge in [0.2, 0.25) is 0 Å². The van der Waals surface area contributed by atoms with Gasteiger partial charge in [-0.3, -0.25) is 4.79 Å². The lowest BCUT2D eigenvalue weighted by Gasteiger charge is -2.31. The molecule has 0 spiro atoms. The van der Waals surface area contributed by atoms with E-state index in [4.69, 9.17) is 4.74 Å². The van der Waals surface area contributed by atoms with E-state index in [2.05, 4.69) is 27.1 Å². The number of amides is 1. The molecule has 1 amide bonds. The van der Waals surface area contributed by atoms with Crippen molar-refractivity contribution in [3.63, 3.8) is 0 Å². The fourth-order valence-corrected chi connectivity index (χ4v) is 3.41. The molecule has 6 nitrogen and oxygen atoms in total. The number of carbonyl (C=O) groups excluding carboxylic acids is 1. The van der Waals surface area contributed by atoms with Crippen LogP contribution in [0.4, 0.5) is 11.6 Å². The number of nitrogens with one attached hydrogen (secondary N) is 1. The van der Waals surface area contributed by atoms with Gasteiger partial charge < -0.3 is 15.0 Å². The van der Waals surface area contributed by atoms with Gasteiger partial charge in [-0.2, -0.15) is 0 Å². The molecule has 2 heterocycles. The maximum absolute atomic E-state index is 12.3. The third-order valence-electron chi connectivity index (χ3n) is 5.12. The highest BCUT2D eigenvalue weighted by Crippen LogP contribution is 2.23. The van der Waals surface area contributed by atoms with E-state index in [-0.39, 0.29) is 12.5 Å². The second-order valence-electron chi connectivity index (χ2n) is 7.28. The number of piperidine rings is 1. The lowest BCUT2D eigenvalue weighted by atomic mass is 9.99. The summed E-state index contributed by atoms with van der Waals surface area (Å²) >= 11 is 0. The van der Waals surface area contributed by atoms with Gasteiger partial charge in [0.15, 0.2) is 6.61 Å². The van der Waals surface area contributed by atoms with Gasteiger partial charge in [0, 0.05) is 19.2 Å². The lowest BCUT2D eigenvalue weighted by molar-refractivity contribution is -0.118. The Morgan fingerprint density at radius 1 is 1.11 bits per heavy atom. The van der Waals surface area contributed by atoms with Gasteiger partial charge in [0.05, 0.1) is 0 Å². The summed E-state index contributed by atoms with van der Waals surface area (Å²) in [4.78, 5) is 23.0. The van der Waals surface area contributed by atoms with Crippen molar-refractivity contribution in [3.05, 3.63) is 54.9 Å². The topological polar surface area (TPSA) is 67.4 Å². The maximum atomic E-state index is 12.3. The number of ether oxygens (including phenoxy) is 1. The van der Waals surface area contributed by atoms with Crippen LogP contribution in [0.25, 0.3) is 10.8 Å². The summed E-state index contributed by atoms with van der Waals surface area (Å²) in [6, 6.07) is 15.7. The Bertz CT molecular complexity index is 967. The van der Waals surface area contributed by atoms with Crippen LogP contribution in [0.2, 0.25) is 0 Å². The molecule has 0 saturated carbocycles. The standard InChI is InChI=1S/C22H24N4O2/c1-16-8-10-26(11-9-16)21-13-20(23-15-24-21)25-22(27)14-28-19-7-6-17-4-2-3-5-18(17)12-19/h2-7,12-13,15-16H,8-11,14H2,1H3,(H,23,24,25,27). The van der Waals surface area contributed by atoms with Gasteiger partial charge in [-0.15, -0.1) is 0 Å². The average molecular weight is 376 g/mol. The minimum atomic E-state index is -0.245. The molecule has 144 valence electrons. The molecule has 0 radical (unpaired) electrons. The number of aromatic nitrogens is 2. The second-order valence-corrected chi connectivity index (χ2v) is 7.28. The molecule has 4 rings (SSSR count). The molecule has 0 atom stereocenters. The lowest BCUT2D eigenvalue weighted by Crippen LogP contribution is -2.33. The number of anilines is 2. The van der Waals surface area contributed by atoms with Gasteiger partial charge in [0.25, 0.3) is 5.91 Å². The SMILES string of the molecule is CC1CCN(c2cc(NC(=O)COc3ccc4ccccc4c3)ncn2)CC1. The normalized spacial score (nSPS) is 14.8. The molecule has 1 aliphatic heterocycles. The van der Waals surface area contributed by atoms with E-state index in [1.807, 2.05) is 48.5 Å². The number of nitrogens with zero attached hydrogens (tertiary/aromatic N) is 3. The molecule has 1 aliphatic rings. The van der Waals surface area contributed by atoms with E-state index in [9.17, 15) is 4.79 Å². The summed E-state index contributed by atoms with van der Waals surface area (Å²) in [6.07, 6.45) is 3.81. The van der Waals surface area contributed by atoms with Crippen LogP contribution in [0, 0.1) is 5.92 Å². The summed E-state index contributed by atoms with van der Waals surface area (Å²) in [6.45, 7) is 4.17. The summed E-state index contributed by atoms with van der Waals surface area (Å²) in [5, 5.41) is 5.01. The third-order valence-corrected chi connectivity index (χ3v) is 5.12. The van der Waals surface area contributed by atoms with E-state index in [1.165, 1.54) is 6.33 Å². The zero-order valence-electron chi connectivity index (χ0n) is 16.0. The van der Waals surface area contributed by atoms with Crippen LogP contribution >= 0.6 is 0 Å². The van der Waals surface area contributed by atoms with Gasteiger partial charge in [-0.05, 0) is 41.7 Å². The molecule has 2 aromatic carbocycles. The molecule has 1 N–H and O–H groups in total. The smallest absolute Gasteiger partial charge is 0.263 e. The van der Waals surface area contributed by atoms with Crippen LogP contribution in [0.3, 0.4) is 0 Å². The zero-order chi connectivity index (χ0) is 19.3. The molecule has 1 aromatic heterocycles. The highest BCUT2D eigenvalue weighted by atomic mass is 16.5. The van der Waals surface area contributed by atoms with Gasteiger partial charge in [0.1, 0.15) is 23.7 Å². The highest BCUT2D eigenvalue weighted by molar-refractivity contribution is 5.91. The summed E-state index contributed by atoms with van der Waals surface area (Å²) < 4.78 is 5.64. The van der Waals surface area contributed by atoms with E-state index in [0.717, 1.165) is 48.4 Å². The summed E-state index contributed by atoms with van der Waals surface area (Å²) in [5.41, 5.74) is 0. The van der Waals surface area contributed by atoms with Crippen molar-refractivity contribution in [1.29, 1.82) is 0 Å². The Balaban J connectivity index is 1.35. The first kappa shape index (κ1) is 18.2. The third kappa shape index (κ3) is 4.39. The summed E-state index contributed by atoms with van der Waals surface area (Å²) in [5.74, 6) is 2.53. The van der Waals surface area contributed by atoms with Crippen molar-refractivity contribution in [1.82, 2.24) is 9.97 Å². The van der Waals surface area contributed by atoms with Crippen LogP contribution in [-0.2, 0) is 4.79 Å². The van der Waals surface area contributed by atoms with Gasteiger partial charge in [-0.25, -0.2) is 9.97 Å². The number of rotatable bonds is 5. The molecular formula is C22H24N4O2. The minimum Gasteiger partial charge on any atom is -0.484 e. The predicted octanol–water partition coefficient (Wildman–Crippen LogP) is 3.88. The fourth-order valence-electron chi connectivity index (χ4n) is 3.41. The molecule has 1 fully saturated rings. The first-order valence-corrected chi connectivity index (χ1v) is 9.66. The molecule has 28 heavy (non-hydrogen) atoms. The summed E-state index contributed by atoms with van der Waals surface area (Å²) in [7, 11) is 0. The average Bonchev–Trinajstić information content (AvgIpc) is 2.73. The number of hydrogen-bond donors (Lipinski definition) is 1. The van der Waals surface area contributed by atoms with Crippen molar-refractivity contribution in [2.24, 2.45) is 5.92 Å². The Morgan fingerprint density at radius 3 is 2.71 bits per heavy atom. The molecule has 0 unspecified atom stereocenters. The van der Waals surface area contributed by atoms with Crippen LogP contribution in [0.5, 0.6) is 5.75 Å². The molecule has 0 aliphatic carbocycles. The molecule has 3 aromatic rings. The predicted molar refractivity (Wildman–Crippen MR) is 111 cm³/mol. The van der Waals surface area contributed by atoms with Crippen molar-refractivity contribution >= 4 is 28.3 Å². The van der Waals surface area contributed by atoms with E-state index in [0.29, 0.717) is 11.6 Å². The largest absolute Gasteiger partial charge is 0.484 e. The van der Waals surface area contributed by atoms with Crippen molar-refractivity contribution < 1.29 is 9.53 Å². The Morgan fingerprint density at radius 2 is 1.89 bits per heavy atom. The minimum absolute atomic E-state index is 0.0705. The molecule has 0 bridgehead atoms. The van der Waals surface area contributed by atoms with E-state index in [1.54, 1.807) is 0 Å². The molecule has 1 saturated heterocycles. The molecule has 6 heteroatoms. The number of fused-ring (bicyclic) bond motifs is 1. The first-order chi connectivity index (χ1) is 13.7. The monoisotopic (exact) mass is 376 g/mol. The van der Waals surface area contributed by atoms with Crippen molar-refractivity contribution in [2.75, 3.05) is 29.9 Å². The quantitative estimate of drug-likeness (QED) is 0.732. The van der Waals surface area contributed by atoms with E-state index < -0.39 is 0 Å².